The molecule has 0 unspecified atom stereocenters. The first-order valence-electron chi connectivity index (χ1n) is 10.6. The number of H-pyrrole nitrogens is 1. The van der Waals surface area contributed by atoms with Gasteiger partial charge in [-0.25, -0.2) is 9.78 Å². The average Bonchev–Trinajstić information content (AvgIpc) is 3.32. The number of aromatic amines is 1. The number of aromatic nitrogens is 2. The SMILES string of the molecule is CCOC(=O)Oc1ccc(C(=O)Nc2ccc(CNC(=O)c3ccc4nc[nH]c4c3)cc2)cc1. The molecule has 0 aliphatic rings. The van der Waals surface area contributed by atoms with Crippen LogP contribution >= 0.6 is 0 Å². The molecule has 0 fully saturated rings. The second kappa shape index (κ2) is 10.3. The van der Waals surface area contributed by atoms with Gasteiger partial charge < -0.3 is 25.1 Å². The third kappa shape index (κ3) is 5.57. The fourth-order valence-electron chi connectivity index (χ4n) is 3.19. The van der Waals surface area contributed by atoms with Crippen molar-refractivity contribution in [2.24, 2.45) is 0 Å². The van der Waals surface area contributed by atoms with Crippen LogP contribution < -0.4 is 15.4 Å². The number of anilines is 1. The molecule has 0 bridgehead atoms. The molecule has 3 N–H and O–H groups in total. The van der Waals surface area contributed by atoms with Crippen LogP contribution in [0.15, 0.2) is 73.1 Å². The van der Waals surface area contributed by atoms with Crippen LogP contribution in [-0.2, 0) is 11.3 Å². The van der Waals surface area contributed by atoms with Gasteiger partial charge in [-0.05, 0) is 67.1 Å². The monoisotopic (exact) mass is 458 g/mol. The van der Waals surface area contributed by atoms with Crippen LogP contribution in [0.25, 0.3) is 11.0 Å². The van der Waals surface area contributed by atoms with E-state index in [0.717, 1.165) is 16.6 Å². The molecule has 172 valence electrons. The van der Waals surface area contributed by atoms with Crippen LogP contribution in [0.5, 0.6) is 5.75 Å². The lowest BCUT2D eigenvalue weighted by molar-refractivity contribution is 0.0949. The van der Waals surface area contributed by atoms with Gasteiger partial charge in [0.15, 0.2) is 0 Å². The van der Waals surface area contributed by atoms with E-state index in [-0.39, 0.29) is 24.2 Å². The maximum absolute atomic E-state index is 12.5. The van der Waals surface area contributed by atoms with Crippen LogP contribution in [0.2, 0.25) is 0 Å². The summed E-state index contributed by atoms with van der Waals surface area (Å²) in [5.41, 5.74) is 4.04. The molecule has 9 nitrogen and oxygen atoms in total. The molecular weight excluding hydrogens is 436 g/mol. The molecule has 1 aromatic heterocycles. The van der Waals surface area contributed by atoms with E-state index in [1.54, 1.807) is 55.7 Å². The van der Waals surface area contributed by atoms with Crippen LogP contribution in [0.3, 0.4) is 0 Å². The number of nitrogens with one attached hydrogen (secondary N) is 3. The Morgan fingerprint density at radius 2 is 1.65 bits per heavy atom. The number of fused-ring (bicyclic) bond motifs is 1. The van der Waals surface area contributed by atoms with Gasteiger partial charge in [0.25, 0.3) is 11.8 Å². The van der Waals surface area contributed by atoms with Crippen molar-refractivity contribution in [1.82, 2.24) is 15.3 Å². The number of benzene rings is 3. The quantitative estimate of drug-likeness (QED) is 0.281. The topological polar surface area (TPSA) is 122 Å². The van der Waals surface area contributed by atoms with Crippen LogP contribution in [0.4, 0.5) is 10.5 Å². The molecule has 0 radical (unpaired) electrons. The van der Waals surface area contributed by atoms with Crippen molar-refractivity contribution in [1.29, 1.82) is 0 Å². The van der Waals surface area contributed by atoms with E-state index < -0.39 is 6.16 Å². The first-order chi connectivity index (χ1) is 16.5. The number of ether oxygens (including phenoxy) is 2. The van der Waals surface area contributed by atoms with Crippen molar-refractivity contribution in [3.63, 3.8) is 0 Å². The number of hydrogen-bond acceptors (Lipinski definition) is 6. The van der Waals surface area contributed by atoms with Gasteiger partial charge in [0.05, 0.1) is 24.0 Å². The third-order valence-electron chi connectivity index (χ3n) is 4.93. The Hall–Kier alpha value is -4.66. The smallest absolute Gasteiger partial charge is 0.434 e. The summed E-state index contributed by atoms with van der Waals surface area (Å²) in [5, 5.41) is 5.68. The maximum atomic E-state index is 12.5. The van der Waals surface area contributed by atoms with Gasteiger partial charge in [-0.15, -0.1) is 0 Å². The second-order valence-electron chi connectivity index (χ2n) is 7.28. The Labute approximate surface area is 195 Å². The number of imidazole rings is 1. The lowest BCUT2D eigenvalue weighted by atomic mass is 10.1. The first kappa shape index (κ1) is 22.5. The van der Waals surface area contributed by atoms with Crippen molar-refractivity contribution in [2.45, 2.75) is 13.5 Å². The molecule has 0 saturated heterocycles. The molecule has 4 aromatic rings. The zero-order chi connectivity index (χ0) is 23.9. The van der Waals surface area contributed by atoms with E-state index in [4.69, 9.17) is 9.47 Å². The van der Waals surface area contributed by atoms with Gasteiger partial charge in [-0.3, -0.25) is 9.59 Å². The normalized spacial score (nSPS) is 10.5. The molecule has 9 heteroatoms. The minimum atomic E-state index is -0.796. The lowest BCUT2D eigenvalue weighted by Crippen LogP contribution is -2.22. The molecule has 0 atom stereocenters. The number of carbonyl (C=O) groups excluding carboxylic acids is 3. The van der Waals surface area contributed by atoms with Crippen molar-refractivity contribution < 1.29 is 23.9 Å². The minimum absolute atomic E-state index is 0.190. The third-order valence-corrected chi connectivity index (χ3v) is 4.93. The molecule has 0 aliphatic carbocycles. The van der Waals surface area contributed by atoms with Gasteiger partial charge in [-0.2, -0.15) is 0 Å². The van der Waals surface area contributed by atoms with Crippen molar-refractivity contribution in [3.8, 4) is 5.75 Å². The Morgan fingerprint density at radius 1 is 0.912 bits per heavy atom. The molecule has 0 aliphatic heterocycles. The molecule has 0 saturated carbocycles. The Bertz CT molecular complexity index is 1310. The fourth-order valence-corrected chi connectivity index (χ4v) is 3.19. The van der Waals surface area contributed by atoms with Crippen LogP contribution in [0.1, 0.15) is 33.2 Å². The van der Waals surface area contributed by atoms with Gasteiger partial charge in [0.2, 0.25) is 0 Å². The number of amides is 2. The highest BCUT2D eigenvalue weighted by atomic mass is 16.7. The Morgan fingerprint density at radius 3 is 2.38 bits per heavy atom. The zero-order valence-electron chi connectivity index (χ0n) is 18.3. The fraction of sp³-hybridized carbons (Fsp3) is 0.120. The van der Waals surface area contributed by atoms with Gasteiger partial charge in [0, 0.05) is 23.4 Å². The summed E-state index contributed by atoms with van der Waals surface area (Å²) in [6.45, 7) is 2.24. The zero-order valence-corrected chi connectivity index (χ0v) is 18.3. The van der Waals surface area contributed by atoms with Gasteiger partial charge >= 0.3 is 6.16 Å². The standard InChI is InChI=1S/C25H22N4O5/c1-2-33-25(32)34-20-10-5-17(6-11-20)24(31)29-19-8-3-16(4-9-19)14-26-23(30)18-7-12-21-22(13-18)28-15-27-21/h3-13,15H,2,14H2,1H3,(H,26,30)(H,27,28)(H,29,31). The predicted molar refractivity (Wildman–Crippen MR) is 126 cm³/mol. The van der Waals surface area contributed by atoms with Gasteiger partial charge in [0.1, 0.15) is 5.75 Å². The molecule has 2 amide bonds. The highest BCUT2D eigenvalue weighted by molar-refractivity contribution is 6.04. The summed E-state index contributed by atoms with van der Waals surface area (Å²) in [5.74, 6) is -0.215. The number of nitrogens with zero attached hydrogens (tertiary/aromatic N) is 1. The van der Waals surface area contributed by atoms with Crippen molar-refractivity contribution in [3.05, 3.63) is 89.7 Å². The second-order valence-corrected chi connectivity index (χ2v) is 7.28. The molecule has 3 aromatic carbocycles. The Balaban J connectivity index is 1.29. The lowest BCUT2D eigenvalue weighted by Gasteiger charge is -2.09. The largest absolute Gasteiger partial charge is 0.513 e. The van der Waals surface area contributed by atoms with Crippen LogP contribution in [-0.4, -0.2) is 34.5 Å². The van der Waals surface area contributed by atoms with E-state index in [0.29, 0.717) is 23.4 Å². The van der Waals surface area contributed by atoms with E-state index in [1.165, 1.54) is 12.1 Å². The van der Waals surface area contributed by atoms with E-state index >= 15 is 0 Å². The van der Waals surface area contributed by atoms with Crippen molar-refractivity contribution >= 4 is 34.7 Å². The summed E-state index contributed by atoms with van der Waals surface area (Å²) in [4.78, 5) is 43.4. The highest BCUT2D eigenvalue weighted by Crippen LogP contribution is 2.16. The van der Waals surface area contributed by atoms with E-state index in [9.17, 15) is 14.4 Å². The molecule has 4 rings (SSSR count). The number of hydrogen-bond donors (Lipinski definition) is 3. The van der Waals surface area contributed by atoms with E-state index in [2.05, 4.69) is 20.6 Å². The summed E-state index contributed by atoms with van der Waals surface area (Å²) >= 11 is 0. The summed E-state index contributed by atoms with van der Waals surface area (Å²) < 4.78 is 9.69. The maximum Gasteiger partial charge on any atom is 0.513 e. The Kier molecular flexibility index (Phi) is 6.83. The average molecular weight is 458 g/mol. The van der Waals surface area contributed by atoms with Crippen LogP contribution in [0, 0.1) is 0 Å². The van der Waals surface area contributed by atoms with Crippen molar-refractivity contribution in [2.75, 3.05) is 11.9 Å². The summed E-state index contributed by atoms with van der Waals surface area (Å²) in [7, 11) is 0. The molecule has 0 spiro atoms. The molecule has 1 heterocycles. The number of carbonyl (C=O) groups is 3. The minimum Gasteiger partial charge on any atom is -0.434 e. The summed E-state index contributed by atoms with van der Waals surface area (Å²) in [6.07, 6.45) is 0.789. The molecule has 34 heavy (non-hydrogen) atoms. The number of rotatable bonds is 7. The summed E-state index contributed by atoms with van der Waals surface area (Å²) in [6, 6.07) is 18.6. The first-order valence-corrected chi connectivity index (χ1v) is 10.6. The highest BCUT2D eigenvalue weighted by Gasteiger charge is 2.10. The van der Waals surface area contributed by atoms with Gasteiger partial charge in [-0.1, -0.05) is 12.1 Å². The molecular formula is C25H22N4O5. The predicted octanol–water partition coefficient (Wildman–Crippen LogP) is 4.28. The van der Waals surface area contributed by atoms with E-state index in [1.807, 2.05) is 12.1 Å².